The Labute approximate surface area is 334 Å². The zero-order chi connectivity index (χ0) is 42.2. The van der Waals surface area contributed by atoms with Gasteiger partial charge in [0.2, 0.25) is 11.8 Å². The van der Waals surface area contributed by atoms with Gasteiger partial charge in [-0.25, -0.2) is 0 Å². The van der Waals surface area contributed by atoms with Gasteiger partial charge in [-0.15, -0.1) is 0 Å². The molecule has 58 heavy (non-hydrogen) atoms. The standard InChI is InChI=1S/C44H48F6N4O4/c1-4-7-8-9-10-11-26-53-38(28-14-18-31(19-15-28)43(45,46)47)36-37(41(53)57)39(29-16-20-32(21-17-29)44(48,49)50)54(42(36)58)27-35(55)51-33-22-24-34(25-23-33)52-40(56)30(12-5-2)13-6-3/h14-25,30H,4-13,26-27H2,1-3H3,(H,51,55)(H,52,56). The maximum absolute atomic E-state index is 14.5. The van der Waals surface area contributed by atoms with Crippen molar-refractivity contribution < 1.29 is 45.5 Å². The molecule has 8 nitrogen and oxygen atoms in total. The summed E-state index contributed by atoms with van der Waals surface area (Å²) in [5.41, 5.74) is -1.16. The van der Waals surface area contributed by atoms with Crippen LogP contribution >= 0.6 is 0 Å². The first-order valence-electron chi connectivity index (χ1n) is 19.8. The van der Waals surface area contributed by atoms with Crippen LogP contribution < -0.4 is 10.6 Å². The molecule has 3 aromatic rings. The second-order valence-electron chi connectivity index (χ2n) is 14.6. The molecule has 0 radical (unpaired) electrons. The molecule has 0 fully saturated rings. The lowest BCUT2D eigenvalue weighted by molar-refractivity contribution is -0.138. The van der Waals surface area contributed by atoms with Crippen molar-refractivity contribution in [3.8, 4) is 0 Å². The van der Waals surface area contributed by atoms with Gasteiger partial charge < -0.3 is 15.5 Å². The van der Waals surface area contributed by atoms with Crippen molar-refractivity contribution >= 4 is 46.4 Å². The van der Waals surface area contributed by atoms with Crippen LogP contribution in [0.1, 0.15) is 107 Å². The third-order valence-corrected chi connectivity index (χ3v) is 10.3. The molecule has 310 valence electrons. The van der Waals surface area contributed by atoms with E-state index in [1.54, 1.807) is 24.3 Å². The summed E-state index contributed by atoms with van der Waals surface area (Å²) in [4.78, 5) is 57.7. The average Bonchev–Trinajstić information content (AvgIpc) is 3.62. The smallest absolute Gasteiger partial charge is 0.326 e. The zero-order valence-corrected chi connectivity index (χ0v) is 32.8. The van der Waals surface area contributed by atoms with E-state index in [2.05, 4.69) is 17.6 Å². The van der Waals surface area contributed by atoms with Crippen molar-refractivity contribution in [3.05, 3.63) is 106 Å². The summed E-state index contributed by atoms with van der Waals surface area (Å²) in [5.74, 6) is -2.39. The molecule has 0 bridgehead atoms. The van der Waals surface area contributed by atoms with Gasteiger partial charge in [0.15, 0.2) is 0 Å². The Hall–Kier alpha value is -5.40. The van der Waals surface area contributed by atoms with Crippen LogP contribution in [0.3, 0.4) is 0 Å². The SMILES string of the molecule is CCCCCCCCN1C(=O)C2=C(c3ccc(C(F)(F)F)cc3)N(CC(=O)Nc3ccc(NC(=O)C(CCC)CCC)cc3)C(=O)C2=C1c1ccc(C(F)(F)F)cc1. The van der Waals surface area contributed by atoms with E-state index in [1.807, 2.05) is 13.8 Å². The predicted octanol–water partition coefficient (Wildman–Crippen LogP) is 10.7. The summed E-state index contributed by atoms with van der Waals surface area (Å²) < 4.78 is 81.5. The van der Waals surface area contributed by atoms with Crippen LogP contribution in [0.2, 0.25) is 0 Å². The van der Waals surface area contributed by atoms with E-state index in [1.165, 1.54) is 17.0 Å². The summed E-state index contributed by atoms with van der Waals surface area (Å²) in [5, 5.41) is 5.60. The summed E-state index contributed by atoms with van der Waals surface area (Å²) in [6.07, 6.45) is -0.902. The minimum absolute atomic E-state index is 0.0604. The number of fused-ring (bicyclic) bond motifs is 1. The largest absolute Gasteiger partial charge is 0.416 e. The quantitative estimate of drug-likeness (QED) is 0.0987. The summed E-state index contributed by atoms with van der Waals surface area (Å²) >= 11 is 0. The number of carbonyl (C=O) groups excluding carboxylic acids is 4. The van der Waals surface area contributed by atoms with Gasteiger partial charge in [-0.1, -0.05) is 90.0 Å². The van der Waals surface area contributed by atoms with Crippen LogP contribution in [0, 0.1) is 5.92 Å². The Morgan fingerprint density at radius 1 is 0.569 bits per heavy atom. The van der Waals surface area contributed by atoms with Gasteiger partial charge in [-0.3, -0.25) is 24.1 Å². The van der Waals surface area contributed by atoms with Gasteiger partial charge in [-0.05, 0) is 78.9 Å². The number of amides is 4. The van der Waals surface area contributed by atoms with Crippen molar-refractivity contribution in [2.24, 2.45) is 5.92 Å². The van der Waals surface area contributed by atoms with Crippen LogP contribution in [0.5, 0.6) is 0 Å². The molecule has 0 saturated carbocycles. The molecular formula is C44H48F6N4O4. The number of carbonyl (C=O) groups is 4. The van der Waals surface area contributed by atoms with Crippen molar-refractivity contribution in [2.75, 3.05) is 23.7 Å². The van der Waals surface area contributed by atoms with Gasteiger partial charge in [-0.2, -0.15) is 26.3 Å². The van der Waals surface area contributed by atoms with E-state index in [-0.39, 0.29) is 52.0 Å². The Balaban J connectivity index is 1.49. The molecule has 14 heteroatoms. The Morgan fingerprint density at radius 3 is 1.47 bits per heavy atom. The molecule has 4 amide bonds. The van der Waals surface area contributed by atoms with Gasteiger partial charge in [0.05, 0.1) is 33.7 Å². The molecule has 0 spiro atoms. The van der Waals surface area contributed by atoms with E-state index in [4.69, 9.17) is 0 Å². The molecule has 2 N–H and O–H groups in total. The lowest BCUT2D eigenvalue weighted by Gasteiger charge is -2.25. The van der Waals surface area contributed by atoms with E-state index >= 15 is 0 Å². The highest BCUT2D eigenvalue weighted by molar-refractivity contribution is 6.30. The molecule has 0 saturated heterocycles. The zero-order valence-electron chi connectivity index (χ0n) is 32.8. The van der Waals surface area contributed by atoms with Gasteiger partial charge in [0.25, 0.3) is 11.8 Å². The first-order valence-corrected chi connectivity index (χ1v) is 19.8. The van der Waals surface area contributed by atoms with Gasteiger partial charge >= 0.3 is 12.4 Å². The summed E-state index contributed by atoms with van der Waals surface area (Å²) in [6, 6.07) is 14.3. The number of unbranched alkanes of at least 4 members (excludes halogenated alkanes) is 5. The predicted molar refractivity (Wildman–Crippen MR) is 211 cm³/mol. The number of hydrogen-bond donors (Lipinski definition) is 2. The van der Waals surface area contributed by atoms with E-state index in [0.29, 0.717) is 17.8 Å². The summed E-state index contributed by atoms with van der Waals surface area (Å²) in [6.45, 7) is 5.58. The lowest BCUT2D eigenvalue weighted by atomic mass is 9.97. The summed E-state index contributed by atoms with van der Waals surface area (Å²) in [7, 11) is 0. The first kappa shape index (κ1) is 43.7. The van der Waals surface area contributed by atoms with Gasteiger partial charge in [0.1, 0.15) is 6.54 Å². The average molecular weight is 811 g/mol. The monoisotopic (exact) mass is 810 g/mol. The highest BCUT2D eigenvalue weighted by Gasteiger charge is 2.49. The molecule has 2 aliphatic heterocycles. The van der Waals surface area contributed by atoms with Crippen molar-refractivity contribution in [1.82, 2.24) is 9.80 Å². The fraction of sp³-hybridized carbons (Fsp3) is 0.409. The third-order valence-electron chi connectivity index (χ3n) is 10.3. The van der Waals surface area contributed by atoms with Crippen molar-refractivity contribution in [1.29, 1.82) is 0 Å². The van der Waals surface area contributed by atoms with Crippen LogP contribution in [0.25, 0.3) is 11.4 Å². The second-order valence-corrected chi connectivity index (χ2v) is 14.6. The molecule has 0 unspecified atom stereocenters. The highest BCUT2D eigenvalue weighted by Crippen LogP contribution is 2.47. The number of benzene rings is 3. The maximum atomic E-state index is 14.5. The number of halogens is 6. The molecule has 3 aromatic carbocycles. The topological polar surface area (TPSA) is 98.8 Å². The second kappa shape index (κ2) is 18.9. The number of hydrogen-bond acceptors (Lipinski definition) is 4. The van der Waals surface area contributed by atoms with E-state index in [0.717, 1.165) is 99.1 Å². The number of anilines is 2. The molecule has 2 heterocycles. The number of rotatable bonds is 18. The van der Waals surface area contributed by atoms with Crippen LogP contribution in [-0.2, 0) is 31.5 Å². The first-order chi connectivity index (χ1) is 27.6. The van der Waals surface area contributed by atoms with E-state index in [9.17, 15) is 45.5 Å². The highest BCUT2D eigenvalue weighted by atomic mass is 19.4. The molecule has 0 aliphatic carbocycles. The minimum atomic E-state index is -4.68. The molecule has 2 aliphatic rings. The van der Waals surface area contributed by atoms with Crippen LogP contribution in [0.4, 0.5) is 37.7 Å². The minimum Gasteiger partial charge on any atom is -0.326 e. The van der Waals surface area contributed by atoms with Crippen LogP contribution in [-0.4, -0.2) is 46.5 Å². The molecule has 0 aromatic heterocycles. The Bertz CT molecular complexity index is 2010. The number of nitrogens with one attached hydrogen (secondary N) is 2. The molecule has 5 rings (SSSR count). The lowest BCUT2D eigenvalue weighted by Crippen LogP contribution is -2.35. The Morgan fingerprint density at radius 2 is 1.00 bits per heavy atom. The maximum Gasteiger partial charge on any atom is 0.416 e. The number of nitrogens with zero attached hydrogens (tertiary/aromatic N) is 2. The number of alkyl halides is 6. The Kier molecular flexibility index (Phi) is 14.2. The molecule has 0 atom stereocenters. The normalized spacial score (nSPS) is 14.6. The fourth-order valence-electron chi connectivity index (χ4n) is 7.37. The third kappa shape index (κ3) is 10.2. The molecular weight excluding hydrogens is 762 g/mol. The van der Waals surface area contributed by atoms with E-state index < -0.39 is 47.7 Å². The van der Waals surface area contributed by atoms with Crippen LogP contribution in [0.15, 0.2) is 83.9 Å². The van der Waals surface area contributed by atoms with Crippen molar-refractivity contribution in [2.45, 2.75) is 97.3 Å². The van der Waals surface area contributed by atoms with Crippen molar-refractivity contribution in [3.63, 3.8) is 0 Å². The van der Waals surface area contributed by atoms with Gasteiger partial charge in [0, 0.05) is 23.8 Å². The fourth-order valence-corrected chi connectivity index (χ4v) is 7.37.